The first kappa shape index (κ1) is 17.4. The van der Waals surface area contributed by atoms with Crippen molar-refractivity contribution in [2.45, 2.75) is 24.8 Å². The van der Waals surface area contributed by atoms with Gasteiger partial charge in [0, 0.05) is 19.7 Å². The average Bonchev–Trinajstić information content (AvgIpc) is 2.39. The normalized spacial score (nSPS) is 13.3. The van der Waals surface area contributed by atoms with Crippen molar-refractivity contribution in [1.29, 1.82) is 0 Å². The molecule has 0 aromatic heterocycles. The van der Waals surface area contributed by atoms with Crippen LogP contribution < -0.4 is 0 Å². The number of nitrogens with zero attached hydrogens (tertiary/aromatic N) is 1. The van der Waals surface area contributed by atoms with Gasteiger partial charge >= 0.3 is 5.97 Å². The van der Waals surface area contributed by atoms with Crippen molar-refractivity contribution < 1.29 is 28.2 Å². The number of aromatic carboxylic acids is 1. The second-order valence-corrected chi connectivity index (χ2v) is 6.39. The Labute approximate surface area is 123 Å². The van der Waals surface area contributed by atoms with Crippen molar-refractivity contribution in [3.05, 3.63) is 23.8 Å². The van der Waals surface area contributed by atoms with Gasteiger partial charge in [0.25, 0.3) is 0 Å². The van der Waals surface area contributed by atoms with Crippen LogP contribution in [0.25, 0.3) is 0 Å². The lowest BCUT2D eigenvalue weighted by Crippen LogP contribution is -2.40. The molecule has 1 aromatic rings. The molecule has 1 unspecified atom stereocenters. The molecule has 0 bridgehead atoms. The second kappa shape index (κ2) is 6.88. The van der Waals surface area contributed by atoms with Crippen LogP contribution >= 0.6 is 0 Å². The molecule has 1 rings (SSSR count). The number of rotatable bonds is 7. The van der Waals surface area contributed by atoms with E-state index in [0.29, 0.717) is 0 Å². The van der Waals surface area contributed by atoms with Gasteiger partial charge in [-0.15, -0.1) is 0 Å². The maximum atomic E-state index is 12.6. The van der Waals surface area contributed by atoms with Crippen molar-refractivity contribution >= 4 is 16.0 Å². The summed E-state index contributed by atoms with van der Waals surface area (Å²) in [6.45, 7) is 3.82. The van der Waals surface area contributed by atoms with Crippen molar-refractivity contribution in [2.24, 2.45) is 0 Å². The van der Waals surface area contributed by atoms with Crippen molar-refractivity contribution in [2.75, 3.05) is 20.3 Å². The number of methoxy groups -OCH3 is 1. The molecule has 0 aliphatic carbocycles. The highest BCUT2D eigenvalue weighted by Crippen LogP contribution is 2.24. The van der Waals surface area contributed by atoms with E-state index in [1.165, 1.54) is 17.5 Å². The van der Waals surface area contributed by atoms with Crippen LogP contribution in [0.2, 0.25) is 0 Å². The number of benzene rings is 1. The highest BCUT2D eigenvalue weighted by Gasteiger charge is 2.28. The predicted molar refractivity (Wildman–Crippen MR) is 76.0 cm³/mol. The average molecular weight is 317 g/mol. The minimum Gasteiger partial charge on any atom is -0.507 e. The molecule has 2 N–H and O–H groups in total. The van der Waals surface area contributed by atoms with Crippen LogP contribution in [0.5, 0.6) is 5.75 Å². The van der Waals surface area contributed by atoms with E-state index >= 15 is 0 Å². The SMILES string of the molecule is CCN(C(C)COC)S(=O)(=O)c1ccc(O)c(C(=O)O)c1. The zero-order chi connectivity index (χ0) is 16.2. The molecule has 0 amide bonds. The molecular weight excluding hydrogens is 298 g/mol. The fourth-order valence-electron chi connectivity index (χ4n) is 2.03. The smallest absolute Gasteiger partial charge is 0.339 e. The number of hydrogen-bond acceptors (Lipinski definition) is 5. The van der Waals surface area contributed by atoms with Crippen LogP contribution in [-0.4, -0.2) is 55.2 Å². The number of carboxylic acid groups (broad SMARTS) is 1. The number of aromatic hydroxyl groups is 1. The summed E-state index contributed by atoms with van der Waals surface area (Å²) in [5.41, 5.74) is -0.452. The zero-order valence-electron chi connectivity index (χ0n) is 12.1. The molecule has 21 heavy (non-hydrogen) atoms. The molecule has 0 aliphatic heterocycles. The Bertz CT molecular complexity index is 613. The molecule has 0 radical (unpaired) electrons. The summed E-state index contributed by atoms with van der Waals surface area (Å²) >= 11 is 0. The van der Waals surface area contributed by atoms with E-state index in [9.17, 15) is 18.3 Å². The lowest BCUT2D eigenvalue weighted by molar-refractivity contribution is 0.0693. The first-order valence-electron chi connectivity index (χ1n) is 6.32. The van der Waals surface area contributed by atoms with Crippen LogP contribution in [0.4, 0.5) is 0 Å². The van der Waals surface area contributed by atoms with Crippen molar-refractivity contribution in [3.63, 3.8) is 0 Å². The number of hydrogen-bond donors (Lipinski definition) is 2. The van der Waals surface area contributed by atoms with E-state index in [1.807, 2.05) is 0 Å². The largest absolute Gasteiger partial charge is 0.507 e. The Morgan fingerprint density at radius 1 is 1.43 bits per heavy atom. The van der Waals surface area contributed by atoms with Gasteiger partial charge in [-0.25, -0.2) is 13.2 Å². The van der Waals surface area contributed by atoms with Crippen LogP contribution in [0, 0.1) is 0 Å². The number of carbonyl (C=O) groups is 1. The summed E-state index contributed by atoms with van der Waals surface area (Å²) in [5, 5.41) is 18.4. The van der Waals surface area contributed by atoms with Crippen LogP contribution in [0.15, 0.2) is 23.1 Å². The highest BCUT2D eigenvalue weighted by atomic mass is 32.2. The molecule has 0 spiro atoms. The number of likely N-dealkylation sites (N-methyl/N-ethyl adjacent to an activating group) is 1. The van der Waals surface area contributed by atoms with E-state index in [4.69, 9.17) is 9.84 Å². The number of carboxylic acids is 1. The molecule has 1 aromatic carbocycles. The fourth-order valence-corrected chi connectivity index (χ4v) is 3.68. The summed E-state index contributed by atoms with van der Waals surface area (Å²) in [6, 6.07) is 2.80. The summed E-state index contributed by atoms with van der Waals surface area (Å²) in [4.78, 5) is 10.8. The minimum atomic E-state index is -3.87. The topological polar surface area (TPSA) is 104 Å². The highest BCUT2D eigenvalue weighted by molar-refractivity contribution is 7.89. The van der Waals surface area contributed by atoms with Gasteiger partial charge in [0.05, 0.1) is 11.5 Å². The van der Waals surface area contributed by atoms with Gasteiger partial charge in [-0.2, -0.15) is 4.31 Å². The molecule has 8 heteroatoms. The lowest BCUT2D eigenvalue weighted by Gasteiger charge is -2.26. The van der Waals surface area contributed by atoms with Gasteiger partial charge in [-0.3, -0.25) is 0 Å². The Kier molecular flexibility index (Phi) is 5.70. The van der Waals surface area contributed by atoms with Crippen molar-refractivity contribution in [1.82, 2.24) is 4.31 Å². The summed E-state index contributed by atoms with van der Waals surface area (Å²) in [6.07, 6.45) is 0. The Balaban J connectivity index is 3.29. The second-order valence-electron chi connectivity index (χ2n) is 4.50. The summed E-state index contributed by atoms with van der Waals surface area (Å²) in [5.74, 6) is -1.87. The third-order valence-corrected chi connectivity index (χ3v) is 5.10. The molecule has 0 saturated heterocycles. The molecule has 118 valence electrons. The van der Waals surface area contributed by atoms with Gasteiger partial charge in [-0.05, 0) is 25.1 Å². The summed E-state index contributed by atoms with van der Waals surface area (Å²) in [7, 11) is -2.39. The molecule has 7 nitrogen and oxygen atoms in total. The Morgan fingerprint density at radius 2 is 2.05 bits per heavy atom. The molecule has 0 aliphatic rings. The van der Waals surface area contributed by atoms with E-state index in [0.717, 1.165) is 12.1 Å². The zero-order valence-corrected chi connectivity index (χ0v) is 12.9. The standard InChI is InChI=1S/C13H19NO6S/c1-4-14(9(2)8-20-3)21(18,19)10-5-6-12(15)11(7-10)13(16)17/h5-7,9,15H,4,8H2,1-3H3,(H,16,17). The van der Waals surface area contributed by atoms with Gasteiger partial charge in [-0.1, -0.05) is 6.92 Å². The molecule has 0 saturated carbocycles. The number of phenols is 1. The maximum Gasteiger partial charge on any atom is 0.339 e. The fraction of sp³-hybridized carbons (Fsp3) is 0.462. The third kappa shape index (κ3) is 3.72. The first-order valence-corrected chi connectivity index (χ1v) is 7.76. The van der Waals surface area contributed by atoms with Gasteiger partial charge < -0.3 is 14.9 Å². The van der Waals surface area contributed by atoms with Gasteiger partial charge in [0.15, 0.2) is 0 Å². The van der Waals surface area contributed by atoms with E-state index in [1.54, 1.807) is 13.8 Å². The van der Waals surface area contributed by atoms with Gasteiger partial charge in [0.1, 0.15) is 11.3 Å². The Morgan fingerprint density at radius 3 is 2.52 bits per heavy atom. The minimum absolute atomic E-state index is 0.178. The monoisotopic (exact) mass is 317 g/mol. The molecule has 0 fully saturated rings. The van der Waals surface area contributed by atoms with Crippen LogP contribution in [0.3, 0.4) is 0 Å². The van der Waals surface area contributed by atoms with E-state index < -0.39 is 33.3 Å². The summed E-state index contributed by atoms with van der Waals surface area (Å²) < 4.78 is 31.3. The number of ether oxygens (including phenoxy) is 1. The molecule has 0 heterocycles. The van der Waals surface area contributed by atoms with Gasteiger partial charge in [0.2, 0.25) is 10.0 Å². The quantitative estimate of drug-likeness (QED) is 0.781. The first-order chi connectivity index (χ1) is 9.75. The lowest BCUT2D eigenvalue weighted by atomic mass is 10.2. The Hall–Kier alpha value is -1.64. The maximum absolute atomic E-state index is 12.6. The molecule has 1 atom stereocenters. The van der Waals surface area contributed by atoms with Crippen LogP contribution in [-0.2, 0) is 14.8 Å². The predicted octanol–water partition coefficient (Wildman–Crippen LogP) is 1.14. The van der Waals surface area contributed by atoms with E-state index in [-0.39, 0.29) is 18.0 Å². The molecular formula is C13H19NO6S. The third-order valence-electron chi connectivity index (χ3n) is 3.02. The van der Waals surface area contributed by atoms with Crippen molar-refractivity contribution in [3.8, 4) is 5.75 Å². The van der Waals surface area contributed by atoms with Crippen LogP contribution in [0.1, 0.15) is 24.2 Å². The van der Waals surface area contributed by atoms with E-state index in [2.05, 4.69) is 0 Å². The number of sulfonamides is 1.